The van der Waals surface area contributed by atoms with Crippen LogP contribution >= 0.6 is 11.3 Å². The molecule has 1 aliphatic heterocycles. The van der Waals surface area contributed by atoms with E-state index in [9.17, 15) is 9.59 Å². The molecule has 0 bridgehead atoms. The zero-order valence-corrected chi connectivity index (χ0v) is 15.2. The molecule has 5 nitrogen and oxygen atoms in total. The molecule has 1 aromatic rings. The summed E-state index contributed by atoms with van der Waals surface area (Å²) in [4.78, 5) is 27.5. The van der Waals surface area contributed by atoms with Crippen LogP contribution in [0.3, 0.4) is 0 Å². The Kier molecular flexibility index (Phi) is 5.89. The second kappa shape index (κ2) is 8.12. The molecule has 1 saturated heterocycles. The molecule has 6 heteroatoms. The molecule has 1 aromatic heterocycles. The highest BCUT2D eigenvalue weighted by Gasteiger charge is 2.27. The summed E-state index contributed by atoms with van der Waals surface area (Å²) in [5, 5.41) is 3.69. The average molecular weight is 351 g/mol. The average Bonchev–Trinajstić information content (AvgIpc) is 3.20. The smallest absolute Gasteiger partial charge is 0.341 e. The van der Waals surface area contributed by atoms with Crippen LogP contribution in [-0.2, 0) is 22.4 Å². The molecule has 1 fully saturated rings. The number of rotatable bonds is 6. The Morgan fingerprint density at radius 1 is 1.17 bits per heavy atom. The minimum atomic E-state index is -0.294. The van der Waals surface area contributed by atoms with Crippen LogP contribution in [0.2, 0.25) is 0 Å². The van der Waals surface area contributed by atoms with Gasteiger partial charge in [0, 0.05) is 17.7 Å². The monoisotopic (exact) mass is 351 g/mol. The van der Waals surface area contributed by atoms with Gasteiger partial charge < -0.3 is 15.0 Å². The Hall–Kier alpha value is -1.40. The van der Waals surface area contributed by atoms with E-state index >= 15 is 0 Å². The largest absolute Gasteiger partial charge is 0.462 e. The van der Waals surface area contributed by atoms with Gasteiger partial charge in [-0.2, -0.15) is 0 Å². The van der Waals surface area contributed by atoms with Gasteiger partial charge in [0.25, 0.3) is 0 Å². The summed E-state index contributed by atoms with van der Waals surface area (Å²) >= 11 is 1.56. The molecule has 2 heterocycles. The third-order valence-electron chi connectivity index (χ3n) is 4.92. The number of hydrogen-bond donors (Lipinski definition) is 2. The fourth-order valence-electron chi connectivity index (χ4n) is 3.68. The van der Waals surface area contributed by atoms with Crippen molar-refractivity contribution in [3.63, 3.8) is 0 Å². The second-order valence-corrected chi connectivity index (χ2v) is 7.75. The molecule has 3 rings (SSSR count). The third kappa shape index (κ3) is 3.98. The zero-order valence-electron chi connectivity index (χ0n) is 14.4. The number of nitrogens with one attached hydrogen (secondary N) is 2. The van der Waals surface area contributed by atoms with Gasteiger partial charge in [0.2, 0.25) is 5.91 Å². The predicted octanol–water partition coefficient (Wildman–Crippen LogP) is 1.81. The number of carbonyl (C=O) groups excluding carboxylic acids is 2. The van der Waals surface area contributed by atoms with E-state index in [0.29, 0.717) is 23.6 Å². The molecule has 0 spiro atoms. The van der Waals surface area contributed by atoms with Crippen molar-refractivity contribution in [2.45, 2.75) is 51.9 Å². The van der Waals surface area contributed by atoms with Crippen molar-refractivity contribution in [3.8, 4) is 0 Å². The third-order valence-corrected chi connectivity index (χ3v) is 6.13. The summed E-state index contributed by atoms with van der Waals surface area (Å²) < 4.78 is 5.23. The Bertz CT molecular complexity index is 606. The van der Waals surface area contributed by atoms with Crippen LogP contribution in [0.15, 0.2) is 0 Å². The summed E-state index contributed by atoms with van der Waals surface area (Å²) in [5.74, 6) is -0.282. The highest BCUT2D eigenvalue weighted by atomic mass is 32.1. The van der Waals surface area contributed by atoms with Gasteiger partial charge in [-0.05, 0) is 38.2 Å². The maximum atomic E-state index is 12.4. The van der Waals surface area contributed by atoms with Crippen molar-refractivity contribution >= 4 is 28.2 Å². The lowest BCUT2D eigenvalue weighted by atomic mass is 9.95. The van der Waals surface area contributed by atoms with Crippen LogP contribution < -0.4 is 10.2 Å². The molecule has 1 amide bonds. The highest BCUT2D eigenvalue weighted by Crippen LogP contribution is 2.38. The van der Waals surface area contributed by atoms with Gasteiger partial charge >= 0.3 is 5.97 Å². The number of aryl methyl sites for hydroxylation is 1. The number of hydrogen-bond acceptors (Lipinski definition) is 4. The van der Waals surface area contributed by atoms with E-state index in [0.717, 1.165) is 37.8 Å². The Morgan fingerprint density at radius 2 is 1.92 bits per heavy atom. The molecular weight excluding hydrogens is 324 g/mol. The number of anilines is 1. The van der Waals surface area contributed by atoms with Gasteiger partial charge in [-0.25, -0.2) is 4.79 Å². The van der Waals surface area contributed by atoms with Gasteiger partial charge in [0.1, 0.15) is 5.00 Å². The van der Waals surface area contributed by atoms with E-state index in [1.54, 1.807) is 11.3 Å². The van der Waals surface area contributed by atoms with Gasteiger partial charge in [-0.1, -0.05) is 0 Å². The summed E-state index contributed by atoms with van der Waals surface area (Å²) in [6.07, 6.45) is 7.21. The summed E-state index contributed by atoms with van der Waals surface area (Å²) in [7, 11) is 0. The minimum absolute atomic E-state index is 0.0125. The maximum absolute atomic E-state index is 12.4. The van der Waals surface area contributed by atoms with Gasteiger partial charge in [-0.15, -0.1) is 11.3 Å². The molecule has 2 aliphatic rings. The lowest BCUT2D eigenvalue weighted by Gasteiger charge is -2.13. The van der Waals surface area contributed by atoms with Gasteiger partial charge in [0.05, 0.1) is 38.2 Å². The van der Waals surface area contributed by atoms with Crippen molar-refractivity contribution in [1.29, 1.82) is 0 Å². The van der Waals surface area contributed by atoms with E-state index in [1.807, 2.05) is 6.92 Å². The van der Waals surface area contributed by atoms with Crippen molar-refractivity contribution in [2.24, 2.45) is 0 Å². The molecule has 0 atom stereocenters. The SMILES string of the molecule is CCOC(=O)c1c(NC(=O)CC[NH+]2CCCC2)sc2c1CCCC2. The predicted molar refractivity (Wildman–Crippen MR) is 95.0 cm³/mol. The fourth-order valence-corrected chi connectivity index (χ4v) is 4.97. The molecule has 0 radical (unpaired) electrons. The highest BCUT2D eigenvalue weighted by molar-refractivity contribution is 7.17. The van der Waals surface area contributed by atoms with Crippen LogP contribution in [0.5, 0.6) is 0 Å². The molecule has 24 heavy (non-hydrogen) atoms. The van der Waals surface area contributed by atoms with E-state index in [4.69, 9.17) is 4.74 Å². The summed E-state index contributed by atoms with van der Waals surface area (Å²) in [6.45, 7) is 5.40. The minimum Gasteiger partial charge on any atom is -0.462 e. The fraction of sp³-hybridized carbons (Fsp3) is 0.667. The molecule has 132 valence electrons. The second-order valence-electron chi connectivity index (χ2n) is 6.64. The van der Waals surface area contributed by atoms with E-state index in [-0.39, 0.29) is 11.9 Å². The molecule has 0 aromatic carbocycles. The van der Waals surface area contributed by atoms with E-state index in [2.05, 4.69) is 5.32 Å². The molecular formula is C18H27N2O3S+. The van der Waals surface area contributed by atoms with Crippen LogP contribution in [0.1, 0.15) is 59.8 Å². The van der Waals surface area contributed by atoms with Crippen molar-refractivity contribution < 1.29 is 19.2 Å². The van der Waals surface area contributed by atoms with Crippen LogP contribution in [0.4, 0.5) is 5.00 Å². The number of carbonyl (C=O) groups is 2. The van der Waals surface area contributed by atoms with Crippen molar-refractivity contribution in [2.75, 3.05) is 31.6 Å². The van der Waals surface area contributed by atoms with Gasteiger partial charge in [-0.3, -0.25) is 4.79 Å². The van der Waals surface area contributed by atoms with E-state index in [1.165, 1.54) is 35.7 Å². The first-order valence-electron chi connectivity index (χ1n) is 9.14. The van der Waals surface area contributed by atoms with Gasteiger partial charge in [0.15, 0.2) is 0 Å². The number of thiophene rings is 1. The molecule has 1 aliphatic carbocycles. The lowest BCUT2D eigenvalue weighted by molar-refractivity contribution is -0.886. The Labute approximate surface area is 147 Å². The maximum Gasteiger partial charge on any atom is 0.341 e. The standard InChI is InChI=1S/C18H26N2O3S/c1-2-23-18(22)16-13-7-3-4-8-14(13)24-17(16)19-15(21)9-12-20-10-5-6-11-20/h2-12H2,1H3,(H,19,21)/p+1. The normalized spacial score (nSPS) is 17.5. The lowest BCUT2D eigenvalue weighted by Crippen LogP contribution is -3.10. The van der Waals surface area contributed by atoms with Crippen LogP contribution in [0, 0.1) is 0 Å². The first kappa shape index (κ1) is 17.4. The molecule has 0 unspecified atom stereocenters. The Balaban J connectivity index is 1.70. The van der Waals surface area contributed by atoms with Crippen molar-refractivity contribution in [1.82, 2.24) is 0 Å². The number of likely N-dealkylation sites (tertiary alicyclic amines) is 1. The first-order chi connectivity index (χ1) is 11.7. The molecule has 0 saturated carbocycles. The number of amides is 1. The van der Waals surface area contributed by atoms with E-state index < -0.39 is 0 Å². The first-order valence-corrected chi connectivity index (χ1v) is 9.95. The van der Waals surface area contributed by atoms with Crippen LogP contribution in [-0.4, -0.2) is 38.1 Å². The summed E-state index contributed by atoms with van der Waals surface area (Å²) in [6, 6.07) is 0. The number of ether oxygens (including phenoxy) is 1. The molecule has 2 N–H and O–H groups in total. The quantitative estimate of drug-likeness (QED) is 0.769. The number of fused-ring (bicyclic) bond motifs is 1. The zero-order chi connectivity index (χ0) is 16.9. The van der Waals surface area contributed by atoms with Crippen LogP contribution in [0.25, 0.3) is 0 Å². The number of esters is 1. The summed E-state index contributed by atoms with van der Waals surface area (Å²) in [5.41, 5.74) is 1.71. The number of quaternary nitrogens is 1. The van der Waals surface area contributed by atoms with Crippen molar-refractivity contribution in [3.05, 3.63) is 16.0 Å². The Morgan fingerprint density at radius 3 is 2.67 bits per heavy atom. The topological polar surface area (TPSA) is 59.8 Å².